The predicted octanol–water partition coefficient (Wildman–Crippen LogP) is 3.38. The van der Waals surface area contributed by atoms with E-state index in [4.69, 9.17) is 4.74 Å². The van der Waals surface area contributed by atoms with Crippen LogP contribution in [0.15, 0.2) is 48.5 Å². The summed E-state index contributed by atoms with van der Waals surface area (Å²) in [5.41, 5.74) is 0.655. The van der Waals surface area contributed by atoms with Crippen LogP contribution in [-0.2, 0) is 0 Å². The summed E-state index contributed by atoms with van der Waals surface area (Å²) in [7, 11) is 1.52. The Balaban J connectivity index is 1.61. The number of benzene rings is 2. The highest BCUT2D eigenvalue weighted by Gasteiger charge is 2.31. The van der Waals surface area contributed by atoms with Gasteiger partial charge >= 0.3 is 12.4 Å². The maximum atomic E-state index is 12.7. The van der Waals surface area contributed by atoms with Crippen molar-refractivity contribution >= 4 is 17.6 Å². The number of alkyl halides is 3. The second-order valence-corrected chi connectivity index (χ2v) is 7.47. The van der Waals surface area contributed by atoms with Crippen molar-refractivity contribution < 1.29 is 37.3 Å². The fourth-order valence-corrected chi connectivity index (χ4v) is 3.41. The lowest BCUT2D eigenvalue weighted by atomic mass is 10.1. The van der Waals surface area contributed by atoms with Crippen molar-refractivity contribution in [2.75, 3.05) is 25.5 Å². The Hall–Kier alpha value is -3.47. The monoisotopic (exact) mass is 467 g/mol. The van der Waals surface area contributed by atoms with Crippen LogP contribution in [-0.4, -0.2) is 60.7 Å². The number of urea groups is 1. The molecule has 33 heavy (non-hydrogen) atoms. The number of amides is 3. The van der Waals surface area contributed by atoms with Crippen molar-refractivity contribution in [1.82, 2.24) is 10.2 Å². The van der Waals surface area contributed by atoms with Crippen molar-refractivity contribution in [3.63, 3.8) is 0 Å². The first-order chi connectivity index (χ1) is 15.6. The van der Waals surface area contributed by atoms with Crippen LogP contribution in [0.5, 0.6) is 11.5 Å². The van der Waals surface area contributed by atoms with Crippen LogP contribution in [0.1, 0.15) is 23.2 Å². The van der Waals surface area contributed by atoms with E-state index in [0.717, 1.165) is 12.1 Å². The summed E-state index contributed by atoms with van der Waals surface area (Å²) < 4.78 is 45.7. The number of nitrogens with one attached hydrogen (secondary N) is 2. The number of aliphatic hydroxyl groups excluding tert-OH is 1. The molecule has 0 aromatic heterocycles. The zero-order chi connectivity index (χ0) is 24.0. The third-order valence-corrected chi connectivity index (χ3v) is 5.10. The largest absolute Gasteiger partial charge is 0.573 e. The molecule has 1 fully saturated rings. The minimum Gasteiger partial charge on any atom is -0.497 e. The van der Waals surface area contributed by atoms with E-state index in [-0.39, 0.29) is 12.2 Å². The number of likely N-dealkylation sites (tertiary alicyclic amines) is 1. The van der Waals surface area contributed by atoms with Crippen LogP contribution in [0.3, 0.4) is 0 Å². The molecule has 2 aromatic rings. The number of halogens is 3. The summed E-state index contributed by atoms with van der Waals surface area (Å²) >= 11 is 0. The maximum Gasteiger partial charge on any atom is 0.573 e. The van der Waals surface area contributed by atoms with Gasteiger partial charge < -0.3 is 30.1 Å². The van der Waals surface area contributed by atoms with Crippen molar-refractivity contribution in [3.8, 4) is 11.5 Å². The Morgan fingerprint density at radius 1 is 1.06 bits per heavy atom. The Bertz CT molecular complexity index is 951. The molecular formula is C22H24F3N3O5. The molecule has 0 aliphatic carbocycles. The Labute approximate surface area is 188 Å². The molecule has 1 saturated heterocycles. The molecule has 2 atom stereocenters. The molecular weight excluding hydrogens is 443 g/mol. The molecule has 11 heteroatoms. The quantitative estimate of drug-likeness (QED) is 0.626. The number of hydrogen-bond donors (Lipinski definition) is 3. The molecule has 1 heterocycles. The second-order valence-electron chi connectivity index (χ2n) is 7.47. The lowest BCUT2D eigenvalue weighted by Gasteiger charge is -2.27. The van der Waals surface area contributed by atoms with Crippen LogP contribution in [0.4, 0.5) is 23.7 Å². The normalized spacial score (nSPS) is 18.8. The first kappa shape index (κ1) is 24.2. The summed E-state index contributed by atoms with van der Waals surface area (Å²) in [6.07, 6.45) is -4.74. The molecule has 0 spiro atoms. The van der Waals surface area contributed by atoms with Crippen LogP contribution < -0.4 is 20.1 Å². The lowest BCUT2D eigenvalue weighted by molar-refractivity contribution is -0.274. The van der Waals surface area contributed by atoms with Gasteiger partial charge in [-0.2, -0.15) is 0 Å². The zero-order valence-electron chi connectivity index (χ0n) is 17.8. The molecule has 0 bridgehead atoms. The van der Waals surface area contributed by atoms with Crippen molar-refractivity contribution in [2.24, 2.45) is 0 Å². The fraction of sp³-hybridized carbons (Fsp3) is 0.364. The standard InChI is InChI=1S/C22H24F3N3O5/c1-32-16-8-4-14(5-9-16)20(30)27-18-13-28(12-2-3-19(18)29)21(31)26-15-6-10-17(11-7-15)33-22(23,24)25/h4-11,18-19,29H,2-3,12-13H2,1H3,(H,26,31)(H,27,30)/t18-,19+/m0/s1. The highest BCUT2D eigenvalue weighted by molar-refractivity contribution is 5.94. The van der Waals surface area contributed by atoms with Crippen molar-refractivity contribution in [2.45, 2.75) is 31.3 Å². The van der Waals surface area contributed by atoms with Crippen molar-refractivity contribution in [1.29, 1.82) is 0 Å². The van der Waals surface area contributed by atoms with Crippen LogP contribution in [0.25, 0.3) is 0 Å². The molecule has 1 aliphatic heterocycles. The minimum absolute atomic E-state index is 0.0597. The average Bonchev–Trinajstić information content (AvgIpc) is 2.95. The third-order valence-electron chi connectivity index (χ3n) is 5.10. The van der Waals surface area contributed by atoms with E-state index in [0.29, 0.717) is 30.7 Å². The average molecular weight is 467 g/mol. The molecule has 8 nitrogen and oxygen atoms in total. The highest BCUT2D eigenvalue weighted by Crippen LogP contribution is 2.24. The first-order valence-corrected chi connectivity index (χ1v) is 10.2. The number of anilines is 1. The second kappa shape index (κ2) is 10.4. The highest BCUT2D eigenvalue weighted by atomic mass is 19.4. The van der Waals surface area contributed by atoms with Gasteiger partial charge in [-0.05, 0) is 61.4 Å². The Kier molecular flexibility index (Phi) is 7.64. The summed E-state index contributed by atoms with van der Waals surface area (Å²) in [5, 5.41) is 15.8. The molecule has 3 N–H and O–H groups in total. The fourth-order valence-electron chi connectivity index (χ4n) is 3.41. The van der Waals surface area contributed by atoms with Gasteiger partial charge in [0.05, 0.1) is 19.3 Å². The van der Waals surface area contributed by atoms with Gasteiger partial charge in [0, 0.05) is 24.3 Å². The van der Waals surface area contributed by atoms with Gasteiger partial charge in [-0.1, -0.05) is 0 Å². The third kappa shape index (κ3) is 7.01. The summed E-state index contributed by atoms with van der Waals surface area (Å²) in [6.45, 7) is 0.400. The van der Waals surface area contributed by atoms with Gasteiger partial charge in [0.15, 0.2) is 0 Å². The van der Waals surface area contributed by atoms with E-state index in [1.807, 2.05) is 0 Å². The maximum absolute atomic E-state index is 12.7. The molecule has 0 radical (unpaired) electrons. The van der Waals surface area contributed by atoms with E-state index >= 15 is 0 Å². The lowest BCUT2D eigenvalue weighted by Crippen LogP contribution is -2.50. The van der Waals surface area contributed by atoms with Crippen LogP contribution >= 0.6 is 0 Å². The van der Waals surface area contributed by atoms with E-state index in [1.165, 1.54) is 24.1 Å². The molecule has 0 unspecified atom stereocenters. The van der Waals surface area contributed by atoms with Gasteiger partial charge in [0.25, 0.3) is 5.91 Å². The molecule has 1 aliphatic rings. The number of carbonyl (C=O) groups is 2. The number of rotatable bonds is 5. The Morgan fingerprint density at radius 2 is 1.70 bits per heavy atom. The summed E-state index contributed by atoms with van der Waals surface area (Å²) in [4.78, 5) is 26.7. The van der Waals surface area contributed by atoms with Crippen LogP contribution in [0.2, 0.25) is 0 Å². The van der Waals surface area contributed by atoms with Gasteiger partial charge in [0.2, 0.25) is 0 Å². The van der Waals surface area contributed by atoms with Crippen molar-refractivity contribution in [3.05, 3.63) is 54.1 Å². The Morgan fingerprint density at radius 3 is 2.30 bits per heavy atom. The SMILES string of the molecule is COc1ccc(C(=O)N[C@H]2CN(C(=O)Nc3ccc(OC(F)(F)F)cc3)CCC[C@H]2O)cc1. The molecule has 178 valence electrons. The minimum atomic E-state index is -4.80. The zero-order valence-corrected chi connectivity index (χ0v) is 17.8. The van der Waals surface area contributed by atoms with Gasteiger partial charge in [0.1, 0.15) is 11.5 Å². The van der Waals surface area contributed by atoms with Crippen LogP contribution in [0, 0.1) is 0 Å². The molecule has 2 aromatic carbocycles. The molecule has 0 saturated carbocycles. The number of aliphatic hydroxyl groups is 1. The van der Waals surface area contributed by atoms with E-state index < -0.39 is 36.2 Å². The number of methoxy groups -OCH3 is 1. The number of hydrogen-bond acceptors (Lipinski definition) is 5. The smallest absolute Gasteiger partial charge is 0.497 e. The summed E-state index contributed by atoms with van der Waals surface area (Å²) in [5.74, 6) is -0.203. The van der Waals surface area contributed by atoms with E-state index in [9.17, 15) is 27.9 Å². The van der Waals surface area contributed by atoms with E-state index in [1.54, 1.807) is 24.3 Å². The van der Waals surface area contributed by atoms with E-state index in [2.05, 4.69) is 15.4 Å². The number of nitrogens with zero attached hydrogens (tertiary/aromatic N) is 1. The van der Waals surface area contributed by atoms with Gasteiger partial charge in [-0.25, -0.2) is 4.79 Å². The molecule has 3 rings (SSSR count). The summed E-state index contributed by atoms with van der Waals surface area (Å²) in [6, 6.07) is 10.0. The predicted molar refractivity (Wildman–Crippen MR) is 113 cm³/mol. The topological polar surface area (TPSA) is 100 Å². The molecule has 3 amide bonds. The number of carbonyl (C=O) groups excluding carboxylic acids is 2. The van der Waals surface area contributed by atoms with Gasteiger partial charge in [-0.3, -0.25) is 4.79 Å². The number of ether oxygens (including phenoxy) is 2. The first-order valence-electron chi connectivity index (χ1n) is 10.2. The van der Waals surface area contributed by atoms with Gasteiger partial charge in [-0.15, -0.1) is 13.2 Å².